The Morgan fingerprint density at radius 3 is 2.75 bits per heavy atom. The lowest BCUT2D eigenvalue weighted by molar-refractivity contribution is 0.384. The van der Waals surface area contributed by atoms with E-state index in [1.165, 1.54) is 36.9 Å². The second-order valence-corrected chi connectivity index (χ2v) is 5.17. The molecule has 3 rings (SSSR count). The van der Waals surface area contributed by atoms with Gasteiger partial charge in [-0.3, -0.25) is 0 Å². The van der Waals surface area contributed by atoms with Crippen molar-refractivity contribution in [2.75, 3.05) is 0 Å². The van der Waals surface area contributed by atoms with E-state index in [4.69, 9.17) is 10.7 Å². The van der Waals surface area contributed by atoms with E-state index in [-0.39, 0.29) is 0 Å². The highest BCUT2D eigenvalue weighted by Crippen LogP contribution is 2.31. The molecule has 3 heteroatoms. The van der Waals surface area contributed by atoms with Gasteiger partial charge in [0.05, 0.1) is 0 Å². The van der Waals surface area contributed by atoms with E-state index in [0.29, 0.717) is 12.0 Å². The number of hydrogen-bond donors (Lipinski definition) is 1. The molecule has 0 aliphatic heterocycles. The van der Waals surface area contributed by atoms with Crippen molar-refractivity contribution in [3.8, 4) is 0 Å². The number of aromatic nitrogens is 2. The maximum Gasteiger partial charge on any atom is 0.131 e. The number of hydrogen-bond acceptors (Lipinski definition) is 3. The first-order valence-corrected chi connectivity index (χ1v) is 6.43. The molecule has 0 unspecified atom stereocenters. The van der Waals surface area contributed by atoms with Crippen molar-refractivity contribution < 1.29 is 0 Å². The van der Waals surface area contributed by atoms with Gasteiger partial charge < -0.3 is 5.73 Å². The van der Waals surface area contributed by atoms with Gasteiger partial charge in [-0.15, -0.1) is 0 Å². The number of aryl methyl sites for hydroxylation is 2. The minimum Gasteiger partial charge on any atom is -0.328 e. The van der Waals surface area contributed by atoms with E-state index in [2.05, 4.69) is 11.2 Å². The van der Waals surface area contributed by atoms with Crippen molar-refractivity contribution in [3.63, 3.8) is 0 Å². The maximum atomic E-state index is 5.92. The maximum absolute atomic E-state index is 5.92. The van der Waals surface area contributed by atoms with Gasteiger partial charge in [0.25, 0.3) is 0 Å². The molecule has 0 radical (unpaired) electrons. The fraction of sp³-hybridized carbons (Fsp3) is 0.692. The van der Waals surface area contributed by atoms with E-state index in [1.807, 2.05) is 0 Å². The molecular formula is C13H19N3. The highest BCUT2D eigenvalue weighted by atomic mass is 14.9. The molecule has 16 heavy (non-hydrogen) atoms. The van der Waals surface area contributed by atoms with Crippen LogP contribution >= 0.6 is 0 Å². The lowest BCUT2D eigenvalue weighted by Crippen LogP contribution is -2.26. The molecule has 0 aromatic carbocycles. The largest absolute Gasteiger partial charge is 0.328 e. The fourth-order valence-electron chi connectivity index (χ4n) is 2.90. The summed E-state index contributed by atoms with van der Waals surface area (Å²) in [5.74, 6) is 1.64. The van der Waals surface area contributed by atoms with Crippen LogP contribution in [0.15, 0.2) is 6.20 Å². The van der Waals surface area contributed by atoms with Crippen LogP contribution in [0.4, 0.5) is 0 Å². The normalized spacial score (nSPS) is 29.1. The molecule has 0 bridgehead atoms. The van der Waals surface area contributed by atoms with Gasteiger partial charge in [-0.1, -0.05) is 0 Å². The van der Waals surface area contributed by atoms with Crippen LogP contribution in [-0.4, -0.2) is 16.0 Å². The Balaban J connectivity index is 1.79. The summed E-state index contributed by atoms with van der Waals surface area (Å²) >= 11 is 0. The predicted molar refractivity (Wildman–Crippen MR) is 63.2 cm³/mol. The van der Waals surface area contributed by atoms with Crippen LogP contribution in [0.1, 0.15) is 55.1 Å². The lowest BCUT2D eigenvalue weighted by atomic mass is 9.86. The molecule has 2 N–H and O–H groups in total. The molecule has 86 valence electrons. The summed E-state index contributed by atoms with van der Waals surface area (Å²) in [6.07, 6.45) is 10.2. The van der Waals surface area contributed by atoms with Crippen molar-refractivity contribution in [1.82, 2.24) is 9.97 Å². The fourth-order valence-corrected chi connectivity index (χ4v) is 2.90. The van der Waals surface area contributed by atoms with Crippen LogP contribution in [0.25, 0.3) is 0 Å². The molecule has 1 heterocycles. The Labute approximate surface area is 96.5 Å². The van der Waals surface area contributed by atoms with E-state index in [1.54, 1.807) is 0 Å². The molecule has 1 saturated carbocycles. The quantitative estimate of drug-likeness (QED) is 0.782. The molecule has 2 aliphatic rings. The first-order chi connectivity index (χ1) is 7.83. The second kappa shape index (κ2) is 4.13. The average Bonchev–Trinajstić information content (AvgIpc) is 2.77. The minimum absolute atomic E-state index is 0.408. The monoisotopic (exact) mass is 217 g/mol. The number of fused-ring (bicyclic) bond motifs is 1. The lowest BCUT2D eigenvalue weighted by Gasteiger charge is -2.25. The molecule has 3 nitrogen and oxygen atoms in total. The molecule has 1 aromatic heterocycles. The third-order valence-corrected chi connectivity index (χ3v) is 3.97. The van der Waals surface area contributed by atoms with E-state index < -0.39 is 0 Å². The summed E-state index contributed by atoms with van der Waals surface area (Å²) < 4.78 is 0. The van der Waals surface area contributed by atoms with Crippen molar-refractivity contribution in [2.45, 2.75) is 56.9 Å². The molecule has 0 saturated heterocycles. The van der Waals surface area contributed by atoms with Gasteiger partial charge in [-0.05, 0) is 50.5 Å². The Bertz CT molecular complexity index is 381. The van der Waals surface area contributed by atoms with Crippen molar-refractivity contribution in [2.24, 2.45) is 5.73 Å². The summed E-state index contributed by atoms with van der Waals surface area (Å²) in [4.78, 5) is 9.30. The van der Waals surface area contributed by atoms with Gasteiger partial charge in [0.2, 0.25) is 0 Å². The molecule has 2 aliphatic carbocycles. The van der Waals surface area contributed by atoms with Crippen LogP contribution in [-0.2, 0) is 12.8 Å². The highest BCUT2D eigenvalue weighted by Gasteiger charge is 2.23. The first-order valence-electron chi connectivity index (χ1n) is 6.43. The van der Waals surface area contributed by atoms with Crippen LogP contribution in [0, 0.1) is 0 Å². The summed E-state index contributed by atoms with van der Waals surface area (Å²) in [5.41, 5.74) is 8.60. The Morgan fingerprint density at radius 2 is 1.94 bits per heavy atom. The average molecular weight is 217 g/mol. The van der Waals surface area contributed by atoms with Crippen molar-refractivity contribution in [1.29, 1.82) is 0 Å². The zero-order chi connectivity index (χ0) is 11.0. The number of rotatable bonds is 1. The van der Waals surface area contributed by atoms with Gasteiger partial charge in [-0.25, -0.2) is 9.97 Å². The van der Waals surface area contributed by atoms with E-state index in [9.17, 15) is 0 Å². The zero-order valence-electron chi connectivity index (χ0n) is 9.65. The third kappa shape index (κ3) is 1.84. The Hall–Kier alpha value is -0.960. The Kier molecular flexibility index (Phi) is 2.64. The van der Waals surface area contributed by atoms with Crippen LogP contribution in [0.3, 0.4) is 0 Å². The van der Waals surface area contributed by atoms with Gasteiger partial charge in [-0.2, -0.15) is 0 Å². The third-order valence-electron chi connectivity index (χ3n) is 3.97. The number of nitrogens with zero attached hydrogens (tertiary/aromatic N) is 2. The van der Waals surface area contributed by atoms with Crippen molar-refractivity contribution >= 4 is 0 Å². The SMILES string of the molecule is NC1CCC(c2ncc3c(n2)CCC3)CC1. The molecule has 0 amide bonds. The smallest absolute Gasteiger partial charge is 0.131 e. The van der Waals surface area contributed by atoms with Crippen molar-refractivity contribution in [3.05, 3.63) is 23.3 Å². The van der Waals surface area contributed by atoms with E-state index >= 15 is 0 Å². The highest BCUT2D eigenvalue weighted by molar-refractivity contribution is 5.23. The Morgan fingerprint density at radius 1 is 1.12 bits per heavy atom. The summed E-state index contributed by atoms with van der Waals surface area (Å²) in [5, 5.41) is 0. The van der Waals surface area contributed by atoms with E-state index in [0.717, 1.165) is 25.1 Å². The first kappa shape index (κ1) is 10.2. The van der Waals surface area contributed by atoms with Gasteiger partial charge in [0, 0.05) is 23.9 Å². The molecule has 1 aromatic rings. The topological polar surface area (TPSA) is 51.8 Å². The molecule has 1 fully saturated rings. The van der Waals surface area contributed by atoms with Gasteiger partial charge in [0.15, 0.2) is 0 Å². The summed E-state index contributed by atoms with van der Waals surface area (Å²) in [6.45, 7) is 0. The predicted octanol–water partition coefficient (Wildman–Crippen LogP) is 1.95. The molecule has 0 spiro atoms. The standard InChI is InChI=1S/C13H19N3/c14-11-6-4-9(5-7-11)13-15-8-10-2-1-3-12(10)16-13/h8-9,11H,1-7,14H2. The minimum atomic E-state index is 0.408. The second-order valence-electron chi connectivity index (χ2n) is 5.17. The summed E-state index contributed by atoms with van der Waals surface area (Å²) in [7, 11) is 0. The zero-order valence-corrected chi connectivity index (χ0v) is 9.65. The summed E-state index contributed by atoms with van der Waals surface area (Å²) in [6, 6.07) is 0.408. The molecule has 0 atom stereocenters. The van der Waals surface area contributed by atoms with Gasteiger partial charge in [0.1, 0.15) is 5.82 Å². The van der Waals surface area contributed by atoms with Crippen LogP contribution in [0.2, 0.25) is 0 Å². The van der Waals surface area contributed by atoms with Crippen LogP contribution in [0.5, 0.6) is 0 Å². The number of nitrogens with two attached hydrogens (primary N) is 1. The van der Waals surface area contributed by atoms with Crippen LogP contribution < -0.4 is 5.73 Å². The van der Waals surface area contributed by atoms with Gasteiger partial charge >= 0.3 is 0 Å². The molecular weight excluding hydrogens is 198 g/mol.